The molecule has 4 aliphatic heterocycles. The Hall–Kier alpha value is -3.77. The van der Waals surface area contributed by atoms with Gasteiger partial charge in [-0.1, -0.05) is 18.2 Å². The molecule has 11 heteroatoms. The first-order valence-electron chi connectivity index (χ1n) is 17.8. The van der Waals surface area contributed by atoms with Crippen LogP contribution >= 0.6 is 0 Å². The molecule has 0 spiro atoms. The van der Waals surface area contributed by atoms with Crippen LogP contribution in [0.1, 0.15) is 48.6 Å². The van der Waals surface area contributed by atoms with Gasteiger partial charge in [0.15, 0.2) is 0 Å². The zero-order valence-electron chi connectivity index (χ0n) is 29.7. The van der Waals surface area contributed by atoms with Crippen molar-refractivity contribution >= 4 is 31.0 Å². The minimum Gasteiger partial charge on any atom is -0.371 e. The number of anilines is 2. The predicted molar refractivity (Wildman–Crippen MR) is 200 cm³/mol. The Balaban J connectivity index is 0.000000159. The quantitative estimate of drug-likeness (QED) is 0.223. The predicted octanol–water partition coefficient (Wildman–Crippen LogP) is 6.43. The molecule has 8 nitrogen and oxygen atoms in total. The third kappa shape index (κ3) is 6.69. The van der Waals surface area contributed by atoms with Crippen molar-refractivity contribution in [1.29, 1.82) is 0 Å². The second-order valence-corrected chi connectivity index (χ2v) is 18.4. The molecule has 4 heterocycles. The highest BCUT2D eigenvalue weighted by Gasteiger charge is 2.40. The number of hydrogen-bond acceptors (Lipinski definition) is 8. The van der Waals surface area contributed by atoms with Gasteiger partial charge >= 0.3 is 0 Å². The monoisotopic (exact) mass is 730 g/mol. The summed E-state index contributed by atoms with van der Waals surface area (Å²) in [6.45, 7) is 4.22. The number of hydrogen-bond donors (Lipinski definition) is 0. The first-order chi connectivity index (χ1) is 24.4. The Morgan fingerprint density at radius 2 is 0.902 bits per heavy atom. The first kappa shape index (κ1) is 35.6. The highest BCUT2D eigenvalue weighted by atomic mass is 32.2. The van der Waals surface area contributed by atoms with Crippen LogP contribution in [-0.4, -0.2) is 93.1 Å². The highest BCUT2D eigenvalue weighted by molar-refractivity contribution is 7.91. The van der Waals surface area contributed by atoms with Crippen molar-refractivity contribution in [3.05, 3.63) is 108 Å². The summed E-state index contributed by atoms with van der Waals surface area (Å²) in [6, 6.07) is 25.7. The number of likely N-dealkylation sites (N-methyl/N-ethyl adjacent to an activating group) is 2. The molecular weight excluding hydrogens is 684 g/mol. The Bertz CT molecular complexity index is 2110. The van der Waals surface area contributed by atoms with Gasteiger partial charge in [-0.25, -0.2) is 21.2 Å². The van der Waals surface area contributed by atoms with Crippen LogP contribution in [0.5, 0.6) is 0 Å². The summed E-state index contributed by atoms with van der Waals surface area (Å²) >= 11 is 0. The zero-order chi connectivity index (χ0) is 36.1. The van der Waals surface area contributed by atoms with Gasteiger partial charge in [0.05, 0.1) is 19.6 Å². The van der Waals surface area contributed by atoms with Crippen molar-refractivity contribution < 1.29 is 21.2 Å². The molecule has 0 unspecified atom stereocenters. The Morgan fingerprint density at radius 3 is 1.35 bits per heavy atom. The Kier molecular flexibility index (Phi) is 9.77. The third-order valence-electron chi connectivity index (χ3n) is 11.5. The van der Waals surface area contributed by atoms with Crippen LogP contribution in [0.4, 0.5) is 15.8 Å². The van der Waals surface area contributed by atoms with E-state index in [1.54, 1.807) is 36.4 Å². The second-order valence-electron chi connectivity index (χ2n) is 14.5. The molecule has 4 atom stereocenters. The van der Waals surface area contributed by atoms with Gasteiger partial charge in [-0.05, 0) is 150 Å². The van der Waals surface area contributed by atoms with E-state index < -0.39 is 25.5 Å². The van der Waals surface area contributed by atoms with Gasteiger partial charge in [-0.2, -0.15) is 0 Å². The molecule has 0 N–H and O–H groups in total. The third-order valence-corrected chi connectivity index (χ3v) is 15.1. The molecule has 51 heavy (non-hydrogen) atoms. The minimum absolute atomic E-state index is 0.127. The van der Waals surface area contributed by atoms with Gasteiger partial charge in [0.1, 0.15) is 5.82 Å². The van der Waals surface area contributed by atoms with E-state index in [-0.39, 0.29) is 9.79 Å². The molecule has 0 aliphatic carbocycles. The minimum atomic E-state index is -3.65. The van der Waals surface area contributed by atoms with E-state index in [0.29, 0.717) is 33.7 Å². The number of likely N-dealkylation sites (tertiary alicyclic amines) is 2. The zero-order valence-corrected chi connectivity index (χ0v) is 31.4. The van der Waals surface area contributed by atoms with Gasteiger partial charge in [-0.15, -0.1) is 0 Å². The number of nitrogens with zero attached hydrogens (tertiary/aromatic N) is 4. The lowest BCUT2D eigenvalue weighted by molar-refractivity contribution is 0.345. The van der Waals surface area contributed by atoms with E-state index in [1.165, 1.54) is 35.5 Å². The molecule has 0 amide bonds. The summed E-state index contributed by atoms with van der Waals surface area (Å²) < 4.78 is 65.0. The summed E-state index contributed by atoms with van der Waals surface area (Å²) in [6.07, 6.45) is 4.30. The lowest BCUT2D eigenvalue weighted by Crippen LogP contribution is -2.31. The standard InChI is InChI=1S/C20H23FN2O2S.C20H24N2O2S/c1-22-11-9-17-18-13-16(7-8-19(18)23(2)20(17)10-12-22)26(24,25)15-5-3-14(21)4-6-15;1-21-12-10-17-18-14-16(25(23,24)15-6-4-3-5-7-15)8-9-19(18)22(2)20(17)11-13-21/h3-8,13,17,20H,9-12H2,1-2H3;3-9,14,17,20H,10-13H2,1-2H3/t2*17-,20+/m00/s1. The molecular formula is C40H47FN4O4S2. The van der Waals surface area contributed by atoms with E-state index in [0.717, 1.165) is 63.1 Å². The molecule has 4 aromatic carbocycles. The van der Waals surface area contributed by atoms with Gasteiger partial charge in [0.2, 0.25) is 19.7 Å². The smallest absolute Gasteiger partial charge is 0.206 e. The molecule has 0 bridgehead atoms. The van der Waals surface area contributed by atoms with Gasteiger partial charge in [-0.3, -0.25) is 0 Å². The lowest BCUT2D eigenvalue weighted by Gasteiger charge is -2.25. The highest BCUT2D eigenvalue weighted by Crippen LogP contribution is 2.47. The average Bonchev–Trinajstić information content (AvgIpc) is 3.32. The van der Waals surface area contributed by atoms with Crippen LogP contribution in [0.15, 0.2) is 111 Å². The lowest BCUT2D eigenvalue weighted by atomic mass is 9.91. The van der Waals surface area contributed by atoms with Crippen LogP contribution < -0.4 is 9.80 Å². The first-order valence-corrected chi connectivity index (χ1v) is 20.7. The molecule has 8 rings (SSSR count). The van der Waals surface area contributed by atoms with Crippen LogP contribution in [-0.2, 0) is 19.7 Å². The normalized spacial score (nSPS) is 23.6. The van der Waals surface area contributed by atoms with Crippen LogP contribution in [0.3, 0.4) is 0 Å². The van der Waals surface area contributed by atoms with E-state index in [1.807, 2.05) is 30.3 Å². The van der Waals surface area contributed by atoms with Crippen molar-refractivity contribution in [1.82, 2.24) is 9.80 Å². The summed E-state index contributed by atoms with van der Waals surface area (Å²) in [5.41, 5.74) is 4.63. The Morgan fingerprint density at radius 1 is 0.510 bits per heavy atom. The SMILES string of the molecule is CN1CC[C@@H]2[C@@H](CC1)c1cc(S(=O)(=O)c3ccc(F)cc3)ccc1N2C.CN1CC[C@@H]2[C@@H](CC1)c1cc(S(=O)(=O)c3ccccc3)ccc1N2C. The van der Waals surface area contributed by atoms with Crippen molar-refractivity contribution in [3.8, 4) is 0 Å². The van der Waals surface area contributed by atoms with Crippen molar-refractivity contribution in [2.45, 2.75) is 69.2 Å². The molecule has 270 valence electrons. The fourth-order valence-corrected chi connectivity index (χ4v) is 11.2. The number of halogens is 1. The Labute approximate surface area is 302 Å². The maximum absolute atomic E-state index is 13.2. The summed E-state index contributed by atoms with van der Waals surface area (Å²) in [7, 11) is 1.43. The molecule has 0 aromatic heterocycles. The summed E-state index contributed by atoms with van der Waals surface area (Å²) in [4.78, 5) is 10.5. The van der Waals surface area contributed by atoms with Crippen molar-refractivity contribution in [3.63, 3.8) is 0 Å². The molecule has 4 aliphatic rings. The summed E-state index contributed by atoms with van der Waals surface area (Å²) in [5.74, 6) is 0.323. The maximum Gasteiger partial charge on any atom is 0.206 e. The van der Waals surface area contributed by atoms with Gasteiger partial charge in [0.25, 0.3) is 0 Å². The van der Waals surface area contributed by atoms with Crippen molar-refractivity contribution in [2.75, 3.05) is 64.2 Å². The second kappa shape index (κ2) is 14.0. The molecule has 4 aromatic rings. The number of fused-ring (bicyclic) bond motifs is 6. The summed E-state index contributed by atoms with van der Waals surface area (Å²) in [5, 5.41) is 0. The topological polar surface area (TPSA) is 81.2 Å². The fourth-order valence-electron chi connectivity index (χ4n) is 8.57. The molecule has 0 saturated carbocycles. The molecule has 2 saturated heterocycles. The van der Waals surface area contributed by atoms with E-state index in [4.69, 9.17) is 0 Å². The number of rotatable bonds is 4. The number of benzene rings is 4. The fraction of sp³-hybridized carbons (Fsp3) is 0.400. The van der Waals surface area contributed by atoms with Crippen LogP contribution in [0.2, 0.25) is 0 Å². The van der Waals surface area contributed by atoms with Gasteiger partial charge < -0.3 is 19.6 Å². The van der Waals surface area contributed by atoms with Crippen molar-refractivity contribution in [2.24, 2.45) is 0 Å². The maximum atomic E-state index is 13.2. The van der Waals surface area contributed by atoms with E-state index >= 15 is 0 Å². The van der Waals surface area contributed by atoms with E-state index in [2.05, 4.69) is 47.8 Å². The van der Waals surface area contributed by atoms with Crippen LogP contribution in [0.25, 0.3) is 0 Å². The van der Waals surface area contributed by atoms with Crippen LogP contribution in [0, 0.1) is 5.82 Å². The molecule has 0 radical (unpaired) electrons. The number of sulfone groups is 2. The largest absolute Gasteiger partial charge is 0.371 e. The molecule has 2 fully saturated rings. The van der Waals surface area contributed by atoms with E-state index in [9.17, 15) is 21.2 Å². The average molecular weight is 731 g/mol. The van der Waals surface area contributed by atoms with Gasteiger partial charge in [0, 0.05) is 49.4 Å².